The van der Waals surface area contributed by atoms with Crippen molar-refractivity contribution in [1.29, 1.82) is 0 Å². The molecule has 0 amide bonds. The molecule has 7 aromatic rings. The molecule has 3 heteroatoms. The fraction of sp³-hybridized carbons (Fsp3) is 0.0500. The summed E-state index contributed by atoms with van der Waals surface area (Å²) >= 11 is 1.97. The lowest BCUT2D eigenvalue weighted by atomic mass is 9.87. The van der Waals surface area contributed by atoms with Gasteiger partial charge in [-0.3, -0.25) is 0 Å². The minimum Gasteiger partial charge on any atom is -0.455 e. The molecule has 0 radical (unpaired) electrons. The standard InChI is InChI=1S/C40H27NOS/c1-3-13-26(14-4-1)28-20-11-21-31-33-25-35(29-17-7-8-18-30(29)40(33)42-39(28)31)41(27-15-5-2-6-16-27)34-22-12-24-37-38(34)32-19-9-10-23-36(32)43-37/h1-25,37-38H. The van der Waals surface area contributed by atoms with E-state index in [4.69, 9.17) is 4.42 Å². The van der Waals surface area contributed by atoms with E-state index in [2.05, 4.69) is 157 Å². The molecule has 2 unspecified atom stereocenters. The molecule has 2 aliphatic rings. The number of rotatable bonds is 4. The average molecular weight is 570 g/mol. The van der Waals surface area contributed by atoms with E-state index >= 15 is 0 Å². The van der Waals surface area contributed by atoms with E-state index < -0.39 is 0 Å². The summed E-state index contributed by atoms with van der Waals surface area (Å²) in [6.07, 6.45) is 6.92. The molecule has 2 nitrogen and oxygen atoms in total. The molecular formula is C40H27NOS. The van der Waals surface area contributed by atoms with Gasteiger partial charge in [0.2, 0.25) is 0 Å². The number of allylic oxidation sites excluding steroid dienone is 3. The van der Waals surface area contributed by atoms with Crippen molar-refractivity contribution < 1.29 is 4.42 Å². The van der Waals surface area contributed by atoms with E-state index in [9.17, 15) is 0 Å². The van der Waals surface area contributed by atoms with E-state index in [1.54, 1.807) is 0 Å². The monoisotopic (exact) mass is 569 g/mol. The van der Waals surface area contributed by atoms with Gasteiger partial charge in [0.1, 0.15) is 11.2 Å². The number of furan rings is 1. The smallest absolute Gasteiger partial charge is 0.143 e. The molecule has 204 valence electrons. The quantitative estimate of drug-likeness (QED) is 0.210. The number of hydrogen-bond acceptors (Lipinski definition) is 3. The first kappa shape index (κ1) is 24.6. The number of para-hydroxylation sites is 2. The van der Waals surface area contributed by atoms with Gasteiger partial charge < -0.3 is 9.32 Å². The van der Waals surface area contributed by atoms with Crippen LogP contribution in [0.4, 0.5) is 11.4 Å². The molecule has 1 aliphatic carbocycles. The van der Waals surface area contributed by atoms with Crippen LogP contribution in [0.15, 0.2) is 167 Å². The van der Waals surface area contributed by atoms with Gasteiger partial charge in [-0.2, -0.15) is 0 Å². The Bertz CT molecular complexity index is 2230. The second-order valence-corrected chi connectivity index (χ2v) is 12.4. The minimum atomic E-state index is 0.256. The van der Waals surface area contributed by atoms with Crippen molar-refractivity contribution in [3.05, 3.63) is 163 Å². The fourth-order valence-corrected chi connectivity index (χ4v) is 8.30. The van der Waals surface area contributed by atoms with Gasteiger partial charge in [0, 0.05) is 54.6 Å². The zero-order valence-electron chi connectivity index (χ0n) is 23.4. The van der Waals surface area contributed by atoms with E-state index in [1.165, 1.54) is 21.5 Å². The van der Waals surface area contributed by atoms with Crippen molar-refractivity contribution in [2.75, 3.05) is 4.90 Å². The number of thioether (sulfide) groups is 1. The molecule has 9 rings (SSSR count). The van der Waals surface area contributed by atoms with E-state index in [0.717, 1.165) is 49.8 Å². The Morgan fingerprint density at radius 3 is 2.16 bits per heavy atom. The third-order valence-corrected chi connectivity index (χ3v) is 10.1. The highest BCUT2D eigenvalue weighted by Gasteiger charge is 2.38. The summed E-state index contributed by atoms with van der Waals surface area (Å²) in [5, 5.41) is 4.92. The van der Waals surface area contributed by atoms with Gasteiger partial charge in [0.15, 0.2) is 0 Å². The Balaban J connectivity index is 1.34. The number of fused-ring (bicyclic) bond motifs is 8. The van der Waals surface area contributed by atoms with Crippen LogP contribution in [0.5, 0.6) is 0 Å². The topological polar surface area (TPSA) is 16.4 Å². The van der Waals surface area contributed by atoms with Crippen molar-refractivity contribution in [3.8, 4) is 11.1 Å². The van der Waals surface area contributed by atoms with Crippen molar-refractivity contribution in [1.82, 2.24) is 0 Å². The summed E-state index contributed by atoms with van der Waals surface area (Å²) in [6.45, 7) is 0. The highest BCUT2D eigenvalue weighted by molar-refractivity contribution is 8.00. The number of benzene rings is 6. The maximum Gasteiger partial charge on any atom is 0.143 e. The highest BCUT2D eigenvalue weighted by atomic mass is 32.2. The van der Waals surface area contributed by atoms with Crippen LogP contribution in [0.2, 0.25) is 0 Å². The maximum atomic E-state index is 6.81. The van der Waals surface area contributed by atoms with Crippen molar-refractivity contribution in [2.45, 2.75) is 16.1 Å². The molecule has 1 aliphatic heterocycles. The predicted octanol–water partition coefficient (Wildman–Crippen LogP) is 11.3. The minimum absolute atomic E-state index is 0.256. The molecule has 2 atom stereocenters. The second kappa shape index (κ2) is 9.79. The van der Waals surface area contributed by atoms with Gasteiger partial charge in [-0.1, -0.05) is 121 Å². The molecule has 0 bridgehead atoms. The third kappa shape index (κ3) is 3.82. The lowest BCUT2D eigenvalue weighted by Crippen LogP contribution is -2.26. The van der Waals surface area contributed by atoms with E-state index in [-0.39, 0.29) is 5.92 Å². The first-order valence-electron chi connectivity index (χ1n) is 14.8. The van der Waals surface area contributed by atoms with Crippen LogP contribution < -0.4 is 4.90 Å². The lowest BCUT2D eigenvalue weighted by Gasteiger charge is -2.35. The molecule has 2 heterocycles. The summed E-state index contributed by atoms with van der Waals surface area (Å²) in [5.41, 5.74) is 9.14. The van der Waals surface area contributed by atoms with Crippen molar-refractivity contribution in [3.63, 3.8) is 0 Å². The molecular weight excluding hydrogens is 543 g/mol. The maximum absolute atomic E-state index is 6.81. The van der Waals surface area contributed by atoms with Gasteiger partial charge in [-0.15, -0.1) is 11.8 Å². The molecule has 0 saturated heterocycles. The SMILES string of the molecule is C1=CC2Sc3ccccc3C2C(N(c2ccccc2)c2cc3c4cccc(-c5ccccc5)c4oc3c3ccccc23)=C1. The van der Waals surface area contributed by atoms with Crippen LogP contribution in [0.3, 0.4) is 0 Å². The van der Waals surface area contributed by atoms with Gasteiger partial charge in [0.05, 0.1) is 5.69 Å². The summed E-state index contributed by atoms with van der Waals surface area (Å²) in [7, 11) is 0. The lowest BCUT2D eigenvalue weighted by molar-refractivity contribution is 0.673. The van der Waals surface area contributed by atoms with Gasteiger partial charge in [-0.25, -0.2) is 0 Å². The molecule has 0 saturated carbocycles. The molecule has 0 spiro atoms. The van der Waals surface area contributed by atoms with Gasteiger partial charge >= 0.3 is 0 Å². The van der Waals surface area contributed by atoms with E-state index in [0.29, 0.717) is 5.25 Å². The number of hydrogen-bond donors (Lipinski definition) is 0. The van der Waals surface area contributed by atoms with Crippen molar-refractivity contribution >= 4 is 55.8 Å². The van der Waals surface area contributed by atoms with Crippen LogP contribution in [0, 0.1) is 0 Å². The summed E-state index contributed by atoms with van der Waals surface area (Å²) in [5.74, 6) is 0.256. The molecule has 6 aromatic carbocycles. The number of anilines is 2. The van der Waals surface area contributed by atoms with Crippen LogP contribution in [0.1, 0.15) is 11.5 Å². The Kier molecular flexibility index (Phi) is 5.60. The highest BCUT2D eigenvalue weighted by Crippen LogP contribution is 2.54. The Hall–Kier alpha value is -4.99. The zero-order valence-corrected chi connectivity index (χ0v) is 24.2. The summed E-state index contributed by atoms with van der Waals surface area (Å²) in [4.78, 5) is 3.86. The first-order valence-corrected chi connectivity index (χ1v) is 15.6. The largest absolute Gasteiger partial charge is 0.455 e. The zero-order chi connectivity index (χ0) is 28.3. The Labute approximate surface area is 254 Å². The van der Waals surface area contributed by atoms with Crippen LogP contribution >= 0.6 is 11.8 Å². The van der Waals surface area contributed by atoms with Crippen LogP contribution in [-0.4, -0.2) is 5.25 Å². The van der Waals surface area contributed by atoms with Crippen LogP contribution in [-0.2, 0) is 0 Å². The Morgan fingerprint density at radius 2 is 1.30 bits per heavy atom. The van der Waals surface area contributed by atoms with Gasteiger partial charge in [-0.05, 0) is 41.5 Å². The first-order chi connectivity index (χ1) is 21.3. The van der Waals surface area contributed by atoms with Crippen molar-refractivity contribution in [2.24, 2.45) is 0 Å². The predicted molar refractivity (Wildman–Crippen MR) is 181 cm³/mol. The van der Waals surface area contributed by atoms with E-state index in [1.807, 2.05) is 11.8 Å². The summed E-state index contributed by atoms with van der Waals surface area (Å²) < 4.78 is 6.81. The number of nitrogens with zero attached hydrogens (tertiary/aromatic N) is 1. The molecule has 1 aromatic heterocycles. The second-order valence-electron chi connectivity index (χ2n) is 11.2. The Morgan fingerprint density at radius 1 is 0.605 bits per heavy atom. The molecule has 0 fully saturated rings. The molecule has 43 heavy (non-hydrogen) atoms. The normalized spacial score (nSPS) is 17.3. The third-order valence-electron chi connectivity index (χ3n) is 8.81. The molecule has 0 N–H and O–H groups in total. The van der Waals surface area contributed by atoms with Gasteiger partial charge in [0.25, 0.3) is 0 Å². The van der Waals surface area contributed by atoms with Crippen LogP contribution in [0.25, 0.3) is 43.8 Å². The summed E-state index contributed by atoms with van der Waals surface area (Å²) in [6, 6.07) is 47.8. The fourth-order valence-electron chi connectivity index (χ4n) is 6.93. The average Bonchev–Trinajstić information content (AvgIpc) is 3.65.